The van der Waals surface area contributed by atoms with Crippen molar-refractivity contribution in [3.05, 3.63) is 42.1 Å². The standard InChI is InChI=1S/C17H21N3/c18-20-17(15-12-7-1-2-8-13(12)15)14-9-3-5-11-6-4-10-19-16(11)14/h3-6,9-10,12-13,15,17,20H,1-2,7-8,18H2. The third-order valence-electron chi connectivity index (χ3n) is 5.29. The third-order valence-corrected chi connectivity index (χ3v) is 5.29. The highest BCUT2D eigenvalue weighted by atomic mass is 15.2. The molecule has 2 fully saturated rings. The molecule has 3 heteroatoms. The zero-order valence-corrected chi connectivity index (χ0v) is 11.6. The predicted molar refractivity (Wildman–Crippen MR) is 80.7 cm³/mol. The van der Waals surface area contributed by atoms with Gasteiger partial charge in [-0.3, -0.25) is 16.3 Å². The van der Waals surface area contributed by atoms with Gasteiger partial charge in [-0.1, -0.05) is 37.1 Å². The molecule has 3 atom stereocenters. The fourth-order valence-corrected chi connectivity index (χ4v) is 4.33. The molecule has 1 aromatic heterocycles. The second kappa shape index (κ2) is 4.83. The van der Waals surface area contributed by atoms with Gasteiger partial charge in [0.2, 0.25) is 0 Å². The number of nitrogens with two attached hydrogens (primary N) is 1. The Hall–Kier alpha value is -1.45. The highest BCUT2D eigenvalue weighted by Gasteiger charge is 2.54. The van der Waals surface area contributed by atoms with Crippen molar-refractivity contribution in [2.75, 3.05) is 0 Å². The Morgan fingerprint density at radius 2 is 1.85 bits per heavy atom. The van der Waals surface area contributed by atoms with Crippen LogP contribution in [0.15, 0.2) is 36.5 Å². The number of nitrogens with zero attached hydrogens (tertiary/aromatic N) is 1. The largest absolute Gasteiger partial charge is 0.271 e. The van der Waals surface area contributed by atoms with Crippen LogP contribution in [0.1, 0.15) is 37.3 Å². The van der Waals surface area contributed by atoms with Gasteiger partial charge in [0.15, 0.2) is 0 Å². The second-order valence-electron chi connectivity index (χ2n) is 6.26. The van der Waals surface area contributed by atoms with E-state index in [0.717, 1.165) is 17.4 Å². The molecule has 20 heavy (non-hydrogen) atoms. The quantitative estimate of drug-likeness (QED) is 0.663. The molecule has 0 bridgehead atoms. The Morgan fingerprint density at radius 1 is 1.10 bits per heavy atom. The highest BCUT2D eigenvalue weighted by molar-refractivity contribution is 5.82. The van der Waals surface area contributed by atoms with Gasteiger partial charge < -0.3 is 0 Å². The second-order valence-corrected chi connectivity index (χ2v) is 6.26. The SMILES string of the molecule is NNC(c1cccc2cccnc12)C1C2CCCCC21. The summed E-state index contributed by atoms with van der Waals surface area (Å²) in [7, 11) is 0. The minimum Gasteiger partial charge on any atom is -0.271 e. The van der Waals surface area contributed by atoms with Gasteiger partial charge in [0.1, 0.15) is 0 Å². The number of rotatable bonds is 3. The Labute approximate surface area is 119 Å². The summed E-state index contributed by atoms with van der Waals surface area (Å²) in [6, 6.07) is 10.8. The molecule has 3 unspecified atom stereocenters. The molecular formula is C17H21N3. The summed E-state index contributed by atoms with van der Waals surface area (Å²) in [5, 5.41) is 1.20. The van der Waals surface area contributed by atoms with Crippen LogP contribution in [0.5, 0.6) is 0 Å². The Morgan fingerprint density at radius 3 is 2.60 bits per heavy atom. The maximum atomic E-state index is 5.91. The van der Waals surface area contributed by atoms with Crippen LogP contribution in [0.25, 0.3) is 10.9 Å². The van der Waals surface area contributed by atoms with Crippen molar-refractivity contribution in [2.45, 2.75) is 31.7 Å². The lowest BCUT2D eigenvalue weighted by molar-refractivity contribution is 0.459. The van der Waals surface area contributed by atoms with E-state index in [1.165, 1.54) is 36.6 Å². The van der Waals surface area contributed by atoms with E-state index >= 15 is 0 Å². The number of aromatic nitrogens is 1. The molecule has 0 spiro atoms. The smallest absolute Gasteiger partial charge is 0.0750 e. The number of para-hydroxylation sites is 1. The van der Waals surface area contributed by atoms with Gasteiger partial charge in [-0.15, -0.1) is 0 Å². The zero-order valence-electron chi connectivity index (χ0n) is 11.6. The van der Waals surface area contributed by atoms with Crippen molar-refractivity contribution in [3.8, 4) is 0 Å². The molecular weight excluding hydrogens is 246 g/mol. The number of fused-ring (bicyclic) bond motifs is 2. The lowest BCUT2D eigenvalue weighted by Crippen LogP contribution is -2.30. The van der Waals surface area contributed by atoms with Gasteiger partial charge in [-0.25, -0.2) is 0 Å². The molecule has 2 aliphatic rings. The minimum atomic E-state index is 0.252. The molecule has 0 saturated heterocycles. The van der Waals surface area contributed by atoms with Crippen LogP contribution in [0, 0.1) is 17.8 Å². The number of hydrazine groups is 1. The zero-order chi connectivity index (χ0) is 13.5. The first kappa shape index (κ1) is 12.3. The Balaban J connectivity index is 1.73. The van der Waals surface area contributed by atoms with E-state index in [-0.39, 0.29) is 6.04 Å². The third kappa shape index (κ3) is 1.85. The molecule has 3 N–H and O–H groups in total. The average Bonchev–Trinajstić information content (AvgIpc) is 3.23. The topological polar surface area (TPSA) is 50.9 Å². The van der Waals surface area contributed by atoms with Crippen molar-refractivity contribution in [1.29, 1.82) is 0 Å². The summed E-state index contributed by atoms with van der Waals surface area (Å²) in [4.78, 5) is 4.58. The van der Waals surface area contributed by atoms with E-state index in [1.807, 2.05) is 12.3 Å². The van der Waals surface area contributed by atoms with Gasteiger partial charge in [-0.05, 0) is 42.2 Å². The van der Waals surface area contributed by atoms with E-state index in [2.05, 4.69) is 34.7 Å². The molecule has 2 aromatic rings. The van der Waals surface area contributed by atoms with E-state index in [9.17, 15) is 0 Å². The van der Waals surface area contributed by atoms with Crippen LogP contribution in [0.4, 0.5) is 0 Å². The summed E-state index contributed by atoms with van der Waals surface area (Å²) >= 11 is 0. The summed E-state index contributed by atoms with van der Waals surface area (Å²) in [5.74, 6) is 8.37. The molecule has 1 aromatic carbocycles. The molecule has 104 valence electrons. The van der Waals surface area contributed by atoms with Crippen LogP contribution in [-0.4, -0.2) is 4.98 Å². The Bertz CT molecular complexity index is 607. The van der Waals surface area contributed by atoms with Gasteiger partial charge in [0.25, 0.3) is 0 Å². The van der Waals surface area contributed by atoms with Crippen LogP contribution in [0.2, 0.25) is 0 Å². The fourth-order valence-electron chi connectivity index (χ4n) is 4.33. The first-order chi connectivity index (χ1) is 9.90. The number of pyridine rings is 1. The van der Waals surface area contributed by atoms with Gasteiger partial charge in [0, 0.05) is 11.6 Å². The van der Waals surface area contributed by atoms with Crippen molar-refractivity contribution >= 4 is 10.9 Å². The normalized spacial score (nSPS) is 29.9. The molecule has 2 saturated carbocycles. The minimum absolute atomic E-state index is 0.252. The number of nitrogens with one attached hydrogen (secondary N) is 1. The van der Waals surface area contributed by atoms with Crippen molar-refractivity contribution < 1.29 is 0 Å². The maximum absolute atomic E-state index is 5.91. The van der Waals surface area contributed by atoms with E-state index < -0.39 is 0 Å². The lowest BCUT2D eigenvalue weighted by atomic mass is 9.97. The van der Waals surface area contributed by atoms with Crippen molar-refractivity contribution in [1.82, 2.24) is 10.4 Å². The summed E-state index contributed by atoms with van der Waals surface area (Å²) < 4.78 is 0. The lowest BCUT2D eigenvalue weighted by Gasteiger charge is -2.18. The molecule has 0 radical (unpaired) electrons. The number of hydrogen-bond donors (Lipinski definition) is 2. The molecule has 2 aliphatic carbocycles. The monoisotopic (exact) mass is 267 g/mol. The molecule has 0 aliphatic heterocycles. The number of benzene rings is 1. The summed E-state index contributed by atoms with van der Waals surface area (Å²) in [6.07, 6.45) is 7.42. The molecule has 4 rings (SSSR count). The average molecular weight is 267 g/mol. The van der Waals surface area contributed by atoms with Crippen LogP contribution >= 0.6 is 0 Å². The van der Waals surface area contributed by atoms with Crippen LogP contribution < -0.4 is 11.3 Å². The van der Waals surface area contributed by atoms with E-state index in [1.54, 1.807) is 0 Å². The molecule has 0 amide bonds. The number of hydrogen-bond acceptors (Lipinski definition) is 3. The summed E-state index contributed by atoms with van der Waals surface area (Å²) in [5.41, 5.74) is 5.46. The molecule has 1 heterocycles. The molecule has 3 nitrogen and oxygen atoms in total. The van der Waals surface area contributed by atoms with Gasteiger partial charge in [0.05, 0.1) is 11.6 Å². The Kier molecular flexibility index (Phi) is 2.97. The van der Waals surface area contributed by atoms with E-state index in [4.69, 9.17) is 5.84 Å². The maximum Gasteiger partial charge on any atom is 0.0750 e. The van der Waals surface area contributed by atoms with Gasteiger partial charge in [-0.2, -0.15) is 0 Å². The van der Waals surface area contributed by atoms with Crippen LogP contribution in [-0.2, 0) is 0 Å². The first-order valence-electron chi connectivity index (χ1n) is 7.70. The summed E-state index contributed by atoms with van der Waals surface area (Å²) in [6.45, 7) is 0. The van der Waals surface area contributed by atoms with Crippen molar-refractivity contribution in [2.24, 2.45) is 23.6 Å². The van der Waals surface area contributed by atoms with Crippen molar-refractivity contribution in [3.63, 3.8) is 0 Å². The fraction of sp³-hybridized carbons (Fsp3) is 0.471. The predicted octanol–water partition coefficient (Wildman–Crippen LogP) is 3.18. The van der Waals surface area contributed by atoms with Crippen LogP contribution in [0.3, 0.4) is 0 Å². The first-order valence-corrected chi connectivity index (χ1v) is 7.70. The van der Waals surface area contributed by atoms with E-state index in [0.29, 0.717) is 5.92 Å². The van der Waals surface area contributed by atoms with Gasteiger partial charge >= 0.3 is 0 Å². The highest BCUT2D eigenvalue weighted by Crippen LogP contribution is 2.60.